The third-order valence-electron chi connectivity index (χ3n) is 6.10. The van der Waals surface area contributed by atoms with Crippen molar-refractivity contribution in [1.82, 2.24) is 14.7 Å². The number of nitrogens with zero attached hydrogens (tertiary/aromatic N) is 4. The summed E-state index contributed by atoms with van der Waals surface area (Å²) in [6, 6.07) is 10.1. The highest BCUT2D eigenvalue weighted by Gasteiger charge is 2.46. The van der Waals surface area contributed by atoms with E-state index in [4.69, 9.17) is 0 Å². The normalized spacial score (nSPS) is 24.4. The predicted molar refractivity (Wildman–Crippen MR) is 103 cm³/mol. The van der Waals surface area contributed by atoms with Gasteiger partial charge in [-0.15, -0.1) is 0 Å². The fourth-order valence-electron chi connectivity index (χ4n) is 4.68. The molecule has 2 aliphatic rings. The second-order valence-electron chi connectivity index (χ2n) is 7.89. The lowest BCUT2D eigenvalue weighted by molar-refractivity contribution is -0.134. The molecule has 1 spiro atoms. The molecule has 3 heterocycles. The molecular weight excluding hydrogens is 324 g/mol. The van der Waals surface area contributed by atoms with Gasteiger partial charge in [-0.25, -0.2) is 0 Å². The Hall–Kier alpha value is -2.14. The number of aromatic nitrogens is 2. The molecule has 4 rings (SSSR count). The van der Waals surface area contributed by atoms with Crippen molar-refractivity contribution < 1.29 is 4.79 Å². The van der Waals surface area contributed by atoms with Crippen LogP contribution in [-0.2, 0) is 18.4 Å². The van der Waals surface area contributed by atoms with Crippen molar-refractivity contribution >= 4 is 11.6 Å². The summed E-state index contributed by atoms with van der Waals surface area (Å²) in [6.07, 6.45) is 6.12. The minimum absolute atomic E-state index is 0.223. The van der Waals surface area contributed by atoms with Gasteiger partial charge in [0.2, 0.25) is 5.91 Å². The van der Waals surface area contributed by atoms with Gasteiger partial charge < -0.3 is 4.90 Å². The Morgan fingerprint density at radius 3 is 2.54 bits per heavy atom. The first-order valence-electron chi connectivity index (χ1n) is 9.66. The molecule has 1 unspecified atom stereocenters. The zero-order valence-corrected chi connectivity index (χ0v) is 15.8. The maximum atomic E-state index is 13.5. The number of benzene rings is 1. The van der Waals surface area contributed by atoms with Crippen LogP contribution in [-0.4, -0.2) is 40.2 Å². The number of para-hydroxylation sites is 1. The molecule has 138 valence electrons. The molecule has 5 heteroatoms. The number of carbonyl (C=O) groups excluding carboxylic acids is 1. The smallest absolute Gasteiger partial charge is 0.234 e. The first-order chi connectivity index (χ1) is 12.6. The second-order valence-corrected chi connectivity index (χ2v) is 7.89. The Labute approximate surface area is 155 Å². The minimum atomic E-state index is -0.223. The van der Waals surface area contributed by atoms with Crippen molar-refractivity contribution in [2.24, 2.45) is 12.5 Å². The molecule has 0 aliphatic carbocycles. The molecule has 2 fully saturated rings. The molecule has 26 heavy (non-hydrogen) atoms. The van der Waals surface area contributed by atoms with Gasteiger partial charge in [-0.1, -0.05) is 18.2 Å². The van der Waals surface area contributed by atoms with Crippen molar-refractivity contribution in [3.63, 3.8) is 0 Å². The molecule has 0 radical (unpaired) electrons. The average molecular weight is 352 g/mol. The zero-order chi connectivity index (χ0) is 18.1. The van der Waals surface area contributed by atoms with Crippen LogP contribution in [0.1, 0.15) is 36.9 Å². The predicted octanol–water partition coefficient (Wildman–Crippen LogP) is 3.14. The number of aryl methyl sites for hydroxylation is 2. The first kappa shape index (κ1) is 17.3. The summed E-state index contributed by atoms with van der Waals surface area (Å²) in [7, 11) is 2.00. The molecule has 0 saturated carbocycles. The zero-order valence-electron chi connectivity index (χ0n) is 15.8. The third-order valence-corrected chi connectivity index (χ3v) is 6.10. The van der Waals surface area contributed by atoms with Crippen LogP contribution < -0.4 is 4.90 Å². The fourth-order valence-corrected chi connectivity index (χ4v) is 4.68. The van der Waals surface area contributed by atoms with Gasteiger partial charge in [0.15, 0.2) is 0 Å². The molecule has 1 amide bonds. The largest absolute Gasteiger partial charge is 0.312 e. The molecule has 2 aliphatic heterocycles. The van der Waals surface area contributed by atoms with E-state index in [1.54, 1.807) is 0 Å². The highest BCUT2D eigenvalue weighted by Crippen LogP contribution is 2.41. The maximum Gasteiger partial charge on any atom is 0.234 e. The summed E-state index contributed by atoms with van der Waals surface area (Å²) in [5.41, 5.74) is 3.30. The summed E-state index contributed by atoms with van der Waals surface area (Å²) in [4.78, 5) is 17.9. The highest BCUT2D eigenvalue weighted by atomic mass is 16.2. The van der Waals surface area contributed by atoms with Crippen molar-refractivity contribution in [1.29, 1.82) is 0 Å². The number of anilines is 1. The molecule has 1 atom stereocenters. The van der Waals surface area contributed by atoms with E-state index in [0.29, 0.717) is 5.91 Å². The van der Waals surface area contributed by atoms with Crippen LogP contribution in [0.15, 0.2) is 36.5 Å². The number of hydrogen-bond donors (Lipinski definition) is 0. The molecule has 0 N–H and O–H groups in total. The van der Waals surface area contributed by atoms with Crippen LogP contribution in [0.3, 0.4) is 0 Å². The molecule has 2 saturated heterocycles. The molecular formula is C21H28N4O. The first-order valence-corrected chi connectivity index (χ1v) is 9.66. The van der Waals surface area contributed by atoms with Crippen molar-refractivity contribution in [2.75, 3.05) is 24.5 Å². The van der Waals surface area contributed by atoms with Gasteiger partial charge in [-0.2, -0.15) is 5.10 Å². The SMILES string of the molecule is Cc1cnn(C)c1CN1CCCC2(CCCN(c3ccccc3)C2=O)C1. The van der Waals surface area contributed by atoms with E-state index in [0.717, 1.165) is 57.5 Å². The molecule has 1 aromatic heterocycles. The van der Waals surface area contributed by atoms with Crippen molar-refractivity contribution in [2.45, 2.75) is 39.2 Å². The van der Waals surface area contributed by atoms with Crippen LogP contribution in [0.4, 0.5) is 5.69 Å². The van der Waals surface area contributed by atoms with Crippen LogP contribution in [0.2, 0.25) is 0 Å². The van der Waals surface area contributed by atoms with Gasteiger partial charge in [0.25, 0.3) is 0 Å². The third kappa shape index (κ3) is 3.05. The van der Waals surface area contributed by atoms with E-state index >= 15 is 0 Å². The summed E-state index contributed by atoms with van der Waals surface area (Å²) < 4.78 is 1.97. The van der Waals surface area contributed by atoms with Crippen molar-refractivity contribution in [3.8, 4) is 0 Å². The van der Waals surface area contributed by atoms with Crippen LogP contribution >= 0.6 is 0 Å². The average Bonchev–Trinajstić information content (AvgIpc) is 2.97. The standard InChI is InChI=1S/C21H28N4O/c1-17-14-22-23(2)19(17)15-24-12-6-10-21(16-24)11-7-13-25(20(21)26)18-8-4-3-5-9-18/h3-5,8-9,14H,6-7,10-13,15-16H2,1-2H3. The molecule has 1 aromatic carbocycles. The Morgan fingerprint density at radius 2 is 1.85 bits per heavy atom. The summed E-state index contributed by atoms with van der Waals surface area (Å²) in [6.45, 7) is 5.75. The number of likely N-dealkylation sites (tertiary alicyclic amines) is 1. The minimum Gasteiger partial charge on any atom is -0.312 e. The lowest BCUT2D eigenvalue weighted by Gasteiger charge is -2.47. The quantitative estimate of drug-likeness (QED) is 0.852. The van der Waals surface area contributed by atoms with E-state index < -0.39 is 0 Å². The van der Waals surface area contributed by atoms with Gasteiger partial charge in [-0.3, -0.25) is 14.4 Å². The Bertz CT molecular complexity index is 761. The van der Waals surface area contributed by atoms with Crippen molar-refractivity contribution in [3.05, 3.63) is 47.8 Å². The van der Waals surface area contributed by atoms with Crippen LogP contribution in [0, 0.1) is 12.3 Å². The molecule has 5 nitrogen and oxygen atoms in total. The summed E-state index contributed by atoms with van der Waals surface area (Å²) in [5.74, 6) is 0.321. The maximum absolute atomic E-state index is 13.5. The van der Waals surface area contributed by atoms with Gasteiger partial charge in [0.05, 0.1) is 17.3 Å². The van der Waals surface area contributed by atoms with Gasteiger partial charge in [0.1, 0.15) is 0 Å². The number of amides is 1. The second kappa shape index (κ2) is 6.88. The molecule has 2 aromatic rings. The van der Waals surface area contributed by atoms with E-state index in [1.165, 1.54) is 11.3 Å². The topological polar surface area (TPSA) is 41.4 Å². The van der Waals surface area contributed by atoms with E-state index in [1.807, 2.05) is 41.0 Å². The lowest BCUT2D eigenvalue weighted by Crippen LogP contribution is -2.56. The summed E-state index contributed by atoms with van der Waals surface area (Å²) >= 11 is 0. The van der Waals surface area contributed by atoms with Gasteiger partial charge in [-0.05, 0) is 56.8 Å². The fraction of sp³-hybridized carbons (Fsp3) is 0.524. The monoisotopic (exact) mass is 352 g/mol. The Kier molecular flexibility index (Phi) is 4.57. The number of piperidine rings is 2. The van der Waals surface area contributed by atoms with E-state index in [2.05, 4.69) is 29.1 Å². The Balaban J connectivity index is 1.54. The summed E-state index contributed by atoms with van der Waals surface area (Å²) in [5, 5.41) is 4.37. The number of carbonyl (C=O) groups is 1. The van der Waals surface area contributed by atoms with E-state index in [9.17, 15) is 4.79 Å². The molecule has 0 bridgehead atoms. The van der Waals surface area contributed by atoms with E-state index in [-0.39, 0.29) is 5.41 Å². The Morgan fingerprint density at radius 1 is 1.12 bits per heavy atom. The van der Waals surface area contributed by atoms with Crippen LogP contribution in [0.5, 0.6) is 0 Å². The van der Waals surface area contributed by atoms with Crippen LogP contribution in [0.25, 0.3) is 0 Å². The number of hydrogen-bond acceptors (Lipinski definition) is 3. The highest BCUT2D eigenvalue weighted by molar-refractivity contribution is 5.98. The van der Waals surface area contributed by atoms with Gasteiger partial charge >= 0.3 is 0 Å². The lowest BCUT2D eigenvalue weighted by atomic mass is 9.72. The number of rotatable bonds is 3. The van der Waals surface area contributed by atoms with Gasteiger partial charge in [0, 0.05) is 32.4 Å².